The van der Waals surface area contributed by atoms with E-state index in [0.29, 0.717) is 11.8 Å². The monoisotopic (exact) mass is 926 g/mol. The van der Waals surface area contributed by atoms with Gasteiger partial charge in [0.1, 0.15) is 0 Å². The molecular formula is C45H40I2N2S2. The Labute approximate surface area is 337 Å². The molecule has 2 heterocycles. The number of nitrogens with zero attached hydrogens (tertiary/aromatic N) is 2. The molecule has 0 saturated heterocycles. The minimum Gasteiger partial charge on any atom is -0.281 e. The fraction of sp³-hybridized carbons (Fsp3) is 0.200. The number of anilines is 4. The molecule has 6 aromatic carbocycles. The molecule has 0 fully saturated rings. The molecule has 0 bridgehead atoms. The predicted octanol–water partition coefficient (Wildman–Crippen LogP) is 16.2. The molecule has 0 radical (unpaired) electrons. The summed E-state index contributed by atoms with van der Waals surface area (Å²) in [5, 5.41) is 5.37. The summed E-state index contributed by atoms with van der Waals surface area (Å²) in [7, 11) is 0. The number of rotatable bonds is 8. The first-order valence-corrected chi connectivity index (χ1v) is 21.3. The summed E-state index contributed by atoms with van der Waals surface area (Å²) >= 11 is 8.91. The zero-order valence-corrected chi connectivity index (χ0v) is 35.7. The molecule has 0 aliphatic heterocycles. The van der Waals surface area contributed by atoms with Crippen LogP contribution in [-0.2, 0) is 6.42 Å². The van der Waals surface area contributed by atoms with Crippen LogP contribution >= 0.6 is 68.4 Å². The molecule has 0 amide bonds. The second-order valence-corrected chi connectivity index (χ2v) is 18.0. The van der Waals surface area contributed by atoms with Crippen molar-refractivity contribution in [2.45, 2.75) is 59.8 Å². The summed E-state index contributed by atoms with van der Waals surface area (Å²) in [5.41, 5.74) is 13.0. The van der Waals surface area contributed by atoms with Gasteiger partial charge in [0.25, 0.3) is 0 Å². The SMILES string of the molecule is CCc1ccccc1N(I)c1cccc2c1sc1c(C(C)C)cc(-c3cccc(N(I)c4cccc5c4sc4c(C(C)C)cccc45)c3C)cc12. The zero-order valence-electron chi connectivity index (χ0n) is 29.7. The van der Waals surface area contributed by atoms with Gasteiger partial charge in [0.15, 0.2) is 0 Å². The Morgan fingerprint density at radius 2 is 1.04 bits per heavy atom. The number of para-hydroxylation sites is 1. The van der Waals surface area contributed by atoms with Crippen LogP contribution in [0, 0.1) is 6.92 Å². The van der Waals surface area contributed by atoms with Crippen LogP contribution < -0.4 is 6.23 Å². The maximum Gasteiger partial charge on any atom is 0.0689 e. The van der Waals surface area contributed by atoms with Crippen molar-refractivity contribution >= 4 is 131 Å². The van der Waals surface area contributed by atoms with E-state index in [9.17, 15) is 0 Å². The largest absolute Gasteiger partial charge is 0.281 e. The van der Waals surface area contributed by atoms with Crippen molar-refractivity contribution in [2.75, 3.05) is 6.23 Å². The Bertz CT molecular complexity index is 2600. The molecule has 0 saturated carbocycles. The Balaban J connectivity index is 1.26. The number of fused-ring (bicyclic) bond motifs is 6. The number of hydrogen-bond acceptors (Lipinski definition) is 4. The number of hydrogen-bond donors (Lipinski definition) is 0. The molecule has 0 aliphatic rings. The summed E-state index contributed by atoms with van der Waals surface area (Å²) in [6.45, 7) is 13.8. The average molecular weight is 927 g/mol. The molecule has 0 atom stereocenters. The van der Waals surface area contributed by atoms with Crippen LogP contribution in [0.25, 0.3) is 51.5 Å². The lowest BCUT2D eigenvalue weighted by atomic mass is 9.92. The van der Waals surface area contributed by atoms with E-state index < -0.39 is 0 Å². The Kier molecular flexibility index (Phi) is 9.57. The number of aryl methyl sites for hydroxylation is 1. The van der Waals surface area contributed by atoms with Crippen molar-refractivity contribution in [3.63, 3.8) is 0 Å². The van der Waals surface area contributed by atoms with E-state index in [2.05, 4.69) is 203 Å². The average Bonchev–Trinajstić information content (AvgIpc) is 3.72. The summed E-state index contributed by atoms with van der Waals surface area (Å²) in [4.78, 5) is 0. The number of thiophene rings is 2. The van der Waals surface area contributed by atoms with Gasteiger partial charge in [0.05, 0.1) is 77.9 Å². The molecule has 2 nitrogen and oxygen atoms in total. The maximum absolute atomic E-state index is 2.53. The normalized spacial score (nSPS) is 12.0. The van der Waals surface area contributed by atoms with Crippen molar-refractivity contribution in [1.82, 2.24) is 0 Å². The predicted molar refractivity (Wildman–Crippen MR) is 245 cm³/mol. The maximum atomic E-state index is 2.53. The van der Waals surface area contributed by atoms with E-state index in [1.54, 1.807) is 0 Å². The van der Waals surface area contributed by atoms with Crippen LogP contribution in [0.5, 0.6) is 0 Å². The quantitative estimate of drug-likeness (QED) is 0.111. The lowest BCUT2D eigenvalue weighted by Crippen LogP contribution is -2.04. The van der Waals surface area contributed by atoms with Gasteiger partial charge >= 0.3 is 0 Å². The van der Waals surface area contributed by atoms with Gasteiger partial charge in [-0.25, -0.2) is 0 Å². The van der Waals surface area contributed by atoms with E-state index >= 15 is 0 Å². The second-order valence-electron chi connectivity index (χ2n) is 14.0. The fourth-order valence-electron chi connectivity index (χ4n) is 7.50. The Hall–Kier alpha value is -3.18. The topological polar surface area (TPSA) is 6.48 Å². The summed E-state index contributed by atoms with van der Waals surface area (Å²) in [6.07, 6.45) is 1.00. The first kappa shape index (κ1) is 34.9. The van der Waals surface area contributed by atoms with E-state index in [-0.39, 0.29) is 0 Å². The minimum absolute atomic E-state index is 0.395. The molecule has 0 unspecified atom stereocenters. The van der Waals surface area contributed by atoms with E-state index in [4.69, 9.17) is 0 Å². The van der Waals surface area contributed by atoms with Crippen LogP contribution in [0.1, 0.15) is 68.7 Å². The van der Waals surface area contributed by atoms with Gasteiger partial charge in [-0.3, -0.25) is 6.23 Å². The third-order valence-electron chi connectivity index (χ3n) is 10.2. The van der Waals surface area contributed by atoms with Gasteiger partial charge in [0, 0.05) is 30.9 Å². The van der Waals surface area contributed by atoms with Crippen molar-refractivity contribution < 1.29 is 0 Å². The summed E-state index contributed by atoms with van der Waals surface area (Å²) in [6, 6.07) is 40.9. The van der Waals surface area contributed by atoms with Gasteiger partial charge in [-0.05, 0) is 95.0 Å². The molecule has 0 spiro atoms. The zero-order chi connectivity index (χ0) is 35.6. The number of benzene rings is 6. The minimum atomic E-state index is 0.395. The van der Waals surface area contributed by atoms with Crippen LogP contribution in [0.4, 0.5) is 22.7 Å². The van der Waals surface area contributed by atoms with Gasteiger partial charge in [-0.1, -0.05) is 107 Å². The van der Waals surface area contributed by atoms with Crippen LogP contribution in [0.2, 0.25) is 0 Å². The standard InChI is InChI=1S/C45H40I2N2S2/c1-7-29-14-8-9-20-39(29)49(47)41-23-13-19-35-37-25-30(24-36(27(4)5)43(37)51-45(35)41)32-16-11-21-38(28(32)6)48(46)40-22-12-18-34-33-17-10-15-31(26(2)3)42(33)50-44(34)40/h8-27H,7H2,1-6H3. The smallest absolute Gasteiger partial charge is 0.0689 e. The highest BCUT2D eigenvalue weighted by molar-refractivity contribution is 14.1. The molecule has 51 heavy (non-hydrogen) atoms. The van der Waals surface area contributed by atoms with Crippen LogP contribution in [0.15, 0.2) is 109 Å². The first-order chi connectivity index (χ1) is 24.7. The lowest BCUT2D eigenvalue weighted by molar-refractivity contribution is 0.878. The molecule has 0 N–H and O–H groups in total. The second kappa shape index (κ2) is 14.0. The Morgan fingerprint density at radius 1 is 0.529 bits per heavy atom. The fourth-order valence-corrected chi connectivity index (χ4v) is 12.5. The van der Waals surface area contributed by atoms with E-state index in [1.165, 1.54) is 96.5 Å². The molecule has 6 heteroatoms. The highest BCUT2D eigenvalue weighted by Gasteiger charge is 2.22. The van der Waals surface area contributed by atoms with Gasteiger partial charge in [-0.15, -0.1) is 22.7 Å². The van der Waals surface area contributed by atoms with Gasteiger partial charge in [0.2, 0.25) is 0 Å². The van der Waals surface area contributed by atoms with Crippen molar-refractivity contribution in [3.05, 3.63) is 131 Å². The van der Waals surface area contributed by atoms with Crippen LogP contribution in [0.3, 0.4) is 0 Å². The van der Waals surface area contributed by atoms with Crippen molar-refractivity contribution in [3.8, 4) is 11.1 Å². The van der Waals surface area contributed by atoms with Crippen LogP contribution in [-0.4, -0.2) is 0 Å². The molecule has 8 rings (SSSR count). The van der Waals surface area contributed by atoms with E-state index in [0.717, 1.165) is 6.42 Å². The van der Waals surface area contributed by atoms with Gasteiger partial charge < -0.3 is 0 Å². The highest BCUT2D eigenvalue weighted by Crippen LogP contribution is 2.49. The first-order valence-electron chi connectivity index (χ1n) is 17.7. The molecule has 2 aromatic heterocycles. The third kappa shape index (κ3) is 5.94. The van der Waals surface area contributed by atoms with E-state index in [1.807, 2.05) is 22.7 Å². The van der Waals surface area contributed by atoms with Gasteiger partial charge in [-0.2, -0.15) is 0 Å². The molecular weight excluding hydrogens is 886 g/mol. The Morgan fingerprint density at radius 3 is 1.69 bits per heavy atom. The molecule has 0 aliphatic carbocycles. The molecule has 8 aromatic rings. The van der Waals surface area contributed by atoms with Crippen molar-refractivity contribution in [2.24, 2.45) is 0 Å². The number of halogens is 2. The summed E-state index contributed by atoms with van der Waals surface area (Å²) in [5.74, 6) is 0.879. The van der Waals surface area contributed by atoms with Crippen molar-refractivity contribution in [1.29, 1.82) is 0 Å². The lowest BCUT2D eigenvalue weighted by Gasteiger charge is -2.22. The highest BCUT2D eigenvalue weighted by atomic mass is 127. The molecule has 256 valence electrons. The summed E-state index contributed by atoms with van der Waals surface area (Å²) < 4.78 is 10.2. The third-order valence-corrected chi connectivity index (χ3v) is 14.9.